The van der Waals surface area contributed by atoms with Gasteiger partial charge in [-0.2, -0.15) is 5.10 Å². The number of hydrogen-bond donors (Lipinski definition) is 2. The van der Waals surface area contributed by atoms with Gasteiger partial charge in [-0.15, -0.1) is 0 Å². The molecule has 0 saturated carbocycles. The van der Waals surface area contributed by atoms with Crippen molar-refractivity contribution in [3.05, 3.63) is 78.1 Å². The van der Waals surface area contributed by atoms with E-state index < -0.39 is 0 Å². The van der Waals surface area contributed by atoms with Crippen molar-refractivity contribution >= 4 is 33.9 Å². The van der Waals surface area contributed by atoms with Crippen LogP contribution in [0.2, 0.25) is 0 Å². The number of hydrazone groups is 1. The first-order valence-electron chi connectivity index (χ1n) is 7.56. The minimum atomic E-state index is -0.336. The minimum absolute atomic E-state index is 0.336. The molecule has 24 heavy (non-hydrogen) atoms. The summed E-state index contributed by atoms with van der Waals surface area (Å²) in [6.45, 7) is 0. The zero-order valence-electron chi connectivity index (χ0n) is 12.7. The van der Waals surface area contributed by atoms with E-state index in [-0.39, 0.29) is 5.91 Å². The zero-order valence-corrected chi connectivity index (χ0v) is 12.7. The molecule has 0 aliphatic carbocycles. The number of carbonyl (C=O) groups excluding carboxylic acids is 1. The number of aromatic amines is 1. The van der Waals surface area contributed by atoms with Gasteiger partial charge in [-0.25, -0.2) is 10.4 Å². The molecule has 0 atom stereocenters. The van der Waals surface area contributed by atoms with Crippen LogP contribution in [-0.4, -0.2) is 22.1 Å². The summed E-state index contributed by atoms with van der Waals surface area (Å²) in [5.41, 5.74) is 5.58. The Morgan fingerprint density at radius 1 is 1.04 bits per heavy atom. The van der Waals surface area contributed by atoms with Crippen LogP contribution in [0, 0.1) is 0 Å². The first-order chi connectivity index (χ1) is 11.8. The highest BCUT2D eigenvalue weighted by Gasteiger charge is 2.07. The number of nitrogens with zero attached hydrogens (tertiary/aromatic N) is 2. The van der Waals surface area contributed by atoms with E-state index in [2.05, 4.69) is 20.5 Å². The maximum absolute atomic E-state index is 12.2. The number of hydrogen-bond acceptors (Lipinski definition) is 3. The quantitative estimate of drug-likeness (QED) is 0.449. The van der Waals surface area contributed by atoms with Crippen LogP contribution < -0.4 is 5.43 Å². The van der Waals surface area contributed by atoms with E-state index in [9.17, 15) is 4.79 Å². The summed E-state index contributed by atoms with van der Waals surface area (Å²) in [4.78, 5) is 19.7. The van der Waals surface area contributed by atoms with Crippen molar-refractivity contribution in [2.75, 3.05) is 0 Å². The first-order valence-corrected chi connectivity index (χ1v) is 7.56. The van der Waals surface area contributed by atoms with Crippen molar-refractivity contribution < 1.29 is 4.79 Å². The normalized spacial score (nSPS) is 11.3. The van der Waals surface area contributed by atoms with Crippen LogP contribution in [0.4, 0.5) is 0 Å². The number of nitrogens with one attached hydrogen (secondary N) is 2. The summed E-state index contributed by atoms with van der Waals surface area (Å²) in [5.74, 6) is -0.336. The lowest BCUT2D eigenvalue weighted by Gasteiger charge is -2.01. The third-order valence-corrected chi connectivity index (χ3v) is 3.82. The number of amides is 1. The molecule has 0 fully saturated rings. The Kier molecular flexibility index (Phi) is 3.51. The van der Waals surface area contributed by atoms with Crippen molar-refractivity contribution in [2.24, 2.45) is 5.10 Å². The third kappa shape index (κ3) is 2.63. The lowest BCUT2D eigenvalue weighted by Crippen LogP contribution is -2.18. The smallest absolute Gasteiger partial charge is 0.289 e. The molecule has 0 spiro atoms. The van der Waals surface area contributed by atoms with Gasteiger partial charge in [-0.1, -0.05) is 42.5 Å². The molecule has 0 saturated heterocycles. The van der Waals surface area contributed by atoms with Gasteiger partial charge >= 0.3 is 0 Å². The first kappa shape index (κ1) is 14.1. The van der Waals surface area contributed by atoms with Crippen LogP contribution in [0.25, 0.3) is 21.8 Å². The highest BCUT2D eigenvalue weighted by atomic mass is 16.2. The van der Waals surface area contributed by atoms with Gasteiger partial charge in [0.15, 0.2) is 0 Å². The fourth-order valence-electron chi connectivity index (χ4n) is 2.61. The molecule has 5 nitrogen and oxygen atoms in total. The third-order valence-electron chi connectivity index (χ3n) is 3.82. The standard InChI is InChI=1S/C19H14N4O/c24-19(18-10-9-13-5-1-3-7-16(13)22-18)23-21-12-14-11-20-17-8-4-2-6-15(14)17/h1-12,20H,(H,23,24). The van der Waals surface area contributed by atoms with E-state index >= 15 is 0 Å². The van der Waals surface area contributed by atoms with Crippen LogP contribution in [0.5, 0.6) is 0 Å². The number of carbonyl (C=O) groups is 1. The van der Waals surface area contributed by atoms with E-state index in [1.54, 1.807) is 12.3 Å². The molecule has 2 heterocycles. The van der Waals surface area contributed by atoms with Crippen molar-refractivity contribution in [3.8, 4) is 0 Å². The fraction of sp³-hybridized carbons (Fsp3) is 0. The summed E-state index contributed by atoms with van der Waals surface area (Å²) in [7, 11) is 0. The van der Waals surface area contributed by atoms with Gasteiger partial charge in [0, 0.05) is 28.0 Å². The Labute approximate surface area is 138 Å². The highest BCUT2D eigenvalue weighted by Crippen LogP contribution is 2.15. The molecule has 2 N–H and O–H groups in total. The zero-order chi connectivity index (χ0) is 16.4. The Bertz CT molecular complexity index is 1070. The van der Waals surface area contributed by atoms with E-state index in [0.29, 0.717) is 5.69 Å². The van der Waals surface area contributed by atoms with Gasteiger partial charge in [-0.3, -0.25) is 4.79 Å². The topological polar surface area (TPSA) is 70.1 Å². The predicted octanol–water partition coefficient (Wildman–Crippen LogP) is 3.48. The average molecular weight is 314 g/mol. The van der Waals surface area contributed by atoms with Gasteiger partial charge in [-0.05, 0) is 18.2 Å². The summed E-state index contributed by atoms with van der Waals surface area (Å²) >= 11 is 0. The summed E-state index contributed by atoms with van der Waals surface area (Å²) < 4.78 is 0. The molecule has 0 aliphatic heterocycles. The van der Waals surface area contributed by atoms with Gasteiger partial charge in [0.2, 0.25) is 0 Å². The molecule has 1 amide bonds. The summed E-state index contributed by atoms with van der Waals surface area (Å²) in [6, 6.07) is 19.2. The Balaban J connectivity index is 1.53. The van der Waals surface area contributed by atoms with Gasteiger partial charge in [0.05, 0.1) is 11.7 Å². The van der Waals surface area contributed by atoms with E-state index in [0.717, 1.165) is 27.4 Å². The second-order valence-electron chi connectivity index (χ2n) is 5.38. The largest absolute Gasteiger partial charge is 0.361 e. The number of benzene rings is 2. The predicted molar refractivity (Wildman–Crippen MR) is 95.1 cm³/mol. The Hall–Kier alpha value is -3.47. The van der Waals surface area contributed by atoms with Crippen molar-refractivity contribution in [2.45, 2.75) is 0 Å². The number of pyridine rings is 1. The molecule has 0 aliphatic rings. The van der Waals surface area contributed by atoms with E-state index in [1.807, 2.05) is 60.8 Å². The summed E-state index contributed by atoms with van der Waals surface area (Å²) in [6.07, 6.45) is 3.48. The van der Waals surface area contributed by atoms with Crippen LogP contribution >= 0.6 is 0 Å². The van der Waals surface area contributed by atoms with Gasteiger partial charge in [0.25, 0.3) is 5.91 Å². The van der Waals surface area contributed by atoms with E-state index in [4.69, 9.17) is 0 Å². The number of H-pyrrole nitrogens is 1. The molecular formula is C19H14N4O. The second-order valence-corrected chi connectivity index (χ2v) is 5.38. The molecule has 116 valence electrons. The molecule has 2 aromatic carbocycles. The Morgan fingerprint density at radius 2 is 1.88 bits per heavy atom. The lowest BCUT2D eigenvalue weighted by atomic mass is 10.2. The average Bonchev–Trinajstić information content (AvgIpc) is 3.04. The molecule has 2 aromatic heterocycles. The van der Waals surface area contributed by atoms with Crippen molar-refractivity contribution in [1.82, 2.24) is 15.4 Å². The second kappa shape index (κ2) is 5.96. The lowest BCUT2D eigenvalue weighted by molar-refractivity contribution is 0.0950. The van der Waals surface area contributed by atoms with Gasteiger partial charge < -0.3 is 4.98 Å². The molecule has 4 rings (SSSR count). The highest BCUT2D eigenvalue weighted by molar-refractivity contribution is 6.00. The fourth-order valence-corrected chi connectivity index (χ4v) is 2.61. The number of fused-ring (bicyclic) bond motifs is 2. The molecule has 4 aromatic rings. The van der Waals surface area contributed by atoms with Gasteiger partial charge in [0.1, 0.15) is 5.69 Å². The number of para-hydroxylation sites is 2. The maximum atomic E-state index is 12.2. The van der Waals surface area contributed by atoms with Crippen molar-refractivity contribution in [1.29, 1.82) is 0 Å². The molecule has 0 unspecified atom stereocenters. The number of rotatable bonds is 3. The summed E-state index contributed by atoms with van der Waals surface area (Å²) in [5, 5.41) is 6.09. The number of aromatic nitrogens is 2. The molecular weight excluding hydrogens is 300 g/mol. The molecule has 5 heteroatoms. The maximum Gasteiger partial charge on any atom is 0.289 e. The minimum Gasteiger partial charge on any atom is -0.361 e. The van der Waals surface area contributed by atoms with Crippen LogP contribution in [0.1, 0.15) is 16.1 Å². The SMILES string of the molecule is O=C(NN=Cc1c[nH]c2ccccc12)c1ccc2ccccc2n1. The molecule has 0 radical (unpaired) electrons. The van der Waals surface area contributed by atoms with Crippen molar-refractivity contribution in [3.63, 3.8) is 0 Å². The van der Waals surface area contributed by atoms with Crippen LogP contribution in [0.15, 0.2) is 72.0 Å². The van der Waals surface area contributed by atoms with Crippen LogP contribution in [0.3, 0.4) is 0 Å². The molecule has 0 bridgehead atoms. The Morgan fingerprint density at radius 3 is 2.83 bits per heavy atom. The van der Waals surface area contributed by atoms with Crippen LogP contribution in [-0.2, 0) is 0 Å². The van der Waals surface area contributed by atoms with E-state index in [1.165, 1.54) is 0 Å². The monoisotopic (exact) mass is 314 g/mol.